The highest BCUT2D eigenvalue weighted by Crippen LogP contribution is 2.35. The molecule has 0 saturated carbocycles. The van der Waals surface area contributed by atoms with Crippen molar-refractivity contribution in [3.05, 3.63) is 71.0 Å². The number of methoxy groups -OCH3 is 1. The Bertz CT molecular complexity index is 1220. The summed E-state index contributed by atoms with van der Waals surface area (Å²) in [6.45, 7) is 5.75. The third kappa shape index (κ3) is 7.02. The first kappa shape index (κ1) is 27.8. The van der Waals surface area contributed by atoms with Crippen molar-refractivity contribution in [1.29, 1.82) is 0 Å². The third-order valence-corrected chi connectivity index (χ3v) is 6.56. The summed E-state index contributed by atoms with van der Waals surface area (Å²) in [6, 6.07) is 14.8. The van der Waals surface area contributed by atoms with Crippen LogP contribution in [0.1, 0.15) is 25.3 Å². The molecule has 3 aromatic rings. The van der Waals surface area contributed by atoms with Crippen LogP contribution in [0.15, 0.2) is 54.6 Å². The lowest BCUT2D eigenvalue weighted by Crippen LogP contribution is -2.42. The average Bonchev–Trinajstić information content (AvgIpc) is 3.42. The van der Waals surface area contributed by atoms with E-state index in [1.54, 1.807) is 33.1 Å². The van der Waals surface area contributed by atoms with E-state index in [1.807, 2.05) is 30.3 Å². The molecule has 0 spiro atoms. The van der Waals surface area contributed by atoms with E-state index in [-0.39, 0.29) is 41.1 Å². The fourth-order valence-electron chi connectivity index (χ4n) is 4.37. The topological polar surface area (TPSA) is 101 Å². The second-order valence-corrected chi connectivity index (χ2v) is 10.3. The number of nitrogens with one attached hydrogen (secondary N) is 2. The summed E-state index contributed by atoms with van der Waals surface area (Å²) in [5.41, 5.74) is 0.502. The number of nitrogens with zero attached hydrogens (tertiary/aromatic N) is 3. The number of amides is 2. The molecule has 11 heteroatoms. The molecule has 2 aromatic carbocycles. The Balaban J connectivity index is 1.55. The van der Waals surface area contributed by atoms with Crippen molar-refractivity contribution in [3.63, 3.8) is 0 Å². The highest BCUT2D eigenvalue weighted by atomic mass is 35.5. The SMILES string of the molecule is COCCN1C[C@@H](NC(=O)Nc2c(Cl)c(OCC(C)(C)O)nn2-c2ccccc2)[C@H](c2ccc(F)cc2)C1. The number of hydrogen-bond donors (Lipinski definition) is 3. The molecule has 1 aromatic heterocycles. The van der Waals surface area contributed by atoms with Crippen LogP contribution in [0.5, 0.6) is 5.88 Å². The monoisotopic (exact) mass is 545 g/mol. The number of urea groups is 1. The number of anilines is 1. The van der Waals surface area contributed by atoms with Gasteiger partial charge in [-0.25, -0.2) is 13.9 Å². The van der Waals surface area contributed by atoms with Crippen molar-refractivity contribution < 1.29 is 23.8 Å². The molecule has 2 atom stereocenters. The smallest absolute Gasteiger partial charge is 0.320 e. The predicted octanol–water partition coefficient (Wildman–Crippen LogP) is 4.05. The van der Waals surface area contributed by atoms with E-state index in [0.717, 1.165) is 5.56 Å². The summed E-state index contributed by atoms with van der Waals surface area (Å²) in [7, 11) is 1.65. The minimum atomic E-state index is -1.10. The Hall–Kier alpha value is -3.18. The molecule has 4 rings (SSSR count). The van der Waals surface area contributed by atoms with Crippen LogP contribution in [0.3, 0.4) is 0 Å². The zero-order valence-electron chi connectivity index (χ0n) is 21.7. The molecule has 1 aliphatic rings. The average molecular weight is 546 g/mol. The molecule has 1 saturated heterocycles. The molecule has 0 aliphatic carbocycles. The van der Waals surface area contributed by atoms with Crippen LogP contribution in [0.25, 0.3) is 5.69 Å². The van der Waals surface area contributed by atoms with Gasteiger partial charge in [0.1, 0.15) is 17.4 Å². The molecular formula is C27H33ClFN5O4. The number of rotatable bonds is 10. The number of halogens is 2. The number of para-hydroxylation sites is 1. The molecule has 1 aliphatic heterocycles. The minimum absolute atomic E-state index is 0.0388. The van der Waals surface area contributed by atoms with Gasteiger partial charge in [-0.1, -0.05) is 41.9 Å². The second kappa shape index (κ2) is 12.1. The van der Waals surface area contributed by atoms with Crippen molar-refractivity contribution in [2.24, 2.45) is 0 Å². The second-order valence-electron chi connectivity index (χ2n) is 9.93. The van der Waals surface area contributed by atoms with Gasteiger partial charge in [0, 0.05) is 32.7 Å². The van der Waals surface area contributed by atoms with Crippen molar-refractivity contribution in [2.45, 2.75) is 31.4 Å². The standard InChI is InChI=1S/C27H33ClFN5O4/c1-27(2,36)17-38-25-23(28)24(34(32-25)20-7-5-4-6-8-20)31-26(35)30-22-16-33(13-14-37-3)15-21(22)18-9-11-19(29)12-10-18/h4-12,21-22,36H,13-17H2,1-3H3,(H2,30,31,35)/t21-,22+/m0/s1. The fourth-order valence-corrected chi connectivity index (χ4v) is 4.59. The first-order chi connectivity index (χ1) is 18.1. The summed E-state index contributed by atoms with van der Waals surface area (Å²) >= 11 is 6.60. The van der Waals surface area contributed by atoms with Crippen LogP contribution < -0.4 is 15.4 Å². The lowest BCUT2D eigenvalue weighted by Gasteiger charge is -2.21. The highest BCUT2D eigenvalue weighted by molar-refractivity contribution is 6.34. The maximum Gasteiger partial charge on any atom is 0.320 e. The molecule has 38 heavy (non-hydrogen) atoms. The Morgan fingerprint density at radius 2 is 1.89 bits per heavy atom. The predicted molar refractivity (Wildman–Crippen MR) is 144 cm³/mol. The van der Waals surface area contributed by atoms with Crippen molar-refractivity contribution in [3.8, 4) is 11.6 Å². The maximum atomic E-state index is 13.6. The molecule has 0 unspecified atom stereocenters. The van der Waals surface area contributed by atoms with E-state index in [9.17, 15) is 14.3 Å². The minimum Gasteiger partial charge on any atom is -0.472 e. The number of carbonyl (C=O) groups is 1. The maximum absolute atomic E-state index is 13.6. The van der Waals surface area contributed by atoms with Gasteiger partial charge in [-0.05, 0) is 43.7 Å². The molecule has 9 nitrogen and oxygen atoms in total. The zero-order valence-corrected chi connectivity index (χ0v) is 22.4. The van der Waals surface area contributed by atoms with Crippen LogP contribution in [-0.2, 0) is 4.74 Å². The number of aromatic nitrogens is 2. The van der Waals surface area contributed by atoms with Gasteiger partial charge in [-0.2, -0.15) is 0 Å². The Kier molecular flexibility index (Phi) is 8.88. The summed E-state index contributed by atoms with van der Waals surface area (Å²) < 4.78 is 25.9. The van der Waals surface area contributed by atoms with Gasteiger partial charge in [0.15, 0.2) is 5.82 Å². The molecular weight excluding hydrogens is 513 g/mol. The van der Waals surface area contributed by atoms with Crippen LogP contribution in [0.2, 0.25) is 5.02 Å². The quantitative estimate of drug-likeness (QED) is 0.355. The van der Waals surface area contributed by atoms with Crippen molar-refractivity contribution in [2.75, 3.05) is 45.3 Å². The molecule has 204 valence electrons. The van der Waals surface area contributed by atoms with Gasteiger partial charge < -0.3 is 19.9 Å². The van der Waals surface area contributed by atoms with Crippen LogP contribution in [-0.4, -0.2) is 77.4 Å². The molecule has 2 amide bonds. The number of aliphatic hydroxyl groups is 1. The first-order valence-corrected chi connectivity index (χ1v) is 12.8. The van der Waals surface area contributed by atoms with E-state index in [2.05, 4.69) is 20.6 Å². The lowest BCUT2D eigenvalue weighted by atomic mass is 9.94. The van der Waals surface area contributed by atoms with E-state index in [0.29, 0.717) is 31.9 Å². The lowest BCUT2D eigenvalue weighted by molar-refractivity contribution is 0.0267. The highest BCUT2D eigenvalue weighted by Gasteiger charge is 2.35. The summed E-state index contributed by atoms with van der Waals surface area (Å²) in [5, 5.41) is 20.5. The van der Waals surface area contributed by atoms with Crippen molar-refractivity contribution >= 4 is 23.4 Å². The van der Waals surface area contributed by atoms with E-state index in [1.165, 1.54) is 16.8 Å². The van der Waals surface area contributed by atoms with Gasteiger partial charge in [0.2, 0.25) is 0 Å². The summed E-state index contributed by atoms with van der Waals surface area (Å²) in [5.74, 6) is -0.0347. The molecule has 2 heterocycles. The van der Waals surface area contributed by atoms with Crippen LogP contribution >= 0.6 is 11.6 Å². The van der Waals surface area contributed by atoms with Crippen LogP contribution in [0.4, 0.5) is 15.0 Å². The number of likely N-dealkylation sites (tertiary alicyclic amines) is 1. The van der Waals surface area contributed by atoms with Gasteiger partial charge in [-0.15, -0.1) is 5.10 Å². The van der Waals surface area contributed by atoms with E-state index < -0.39 is 11.6 Å². The summed E-state index contributed by atoms with van der Waals surface area (Å²) in [4.78, 5) is 15.5. The molecule has 0 bridgehead atoms. The number of hydrogen-bond acceptors (Lipinski definition) is 6. The first-order valence-electron chi connectivity index (χ1n) is 12.4. The van der Waals surface area contributed by atoms with Crippen LogP contribution in [0, 0.1) is 5.82 Å². The van der Waals surface area contributed by atoms with E-state index >= 15 is 0 Å². The Morgan fingerprint density at radius 3 is 2.55 bits per heavy atom. The summed E-state index contributed by atoms with van der Waals surface area (Å²) in [6.07, 6.45) is 0. The Morgan fingerprint density at radius 1 is 1.18 bits per heavy atom. The normalized spacial score (nSPS) is 17.9. The zero-order chi connectivity index (χ0) is 27.3. The number of carbonyl (C=O) groups excluding carboxylic acids is 1. The molecule has 0 radical (unpaired) electrons. The van der Waals surface area contributed by atoms with Crippen molar-refractivity contribution in [1.82, 2.24) is 20.0 Å². The largest absolute Gasteiger partial charge is 0.472 e. The molecule has 3 N–H and O–H groups in total. The van der Waals surface area contributed by atoms with Gasteiger partial charge in [0.25, 0.3) is 5.88 Å². The Labute approximate surface area is 226 Å². The van der Waals surface area contributed by atoms with Gasteiger partial charge in [-0.3, -0.25) is 10.2 Å². The number of ether oxygens (including phenoxy) is 2. The molecule has 1 fully saturated rings. The number of benzene rings is 2. The van der Waals surface area contributed by atoms with Gasteiger partial charge >= 0.3 is 6.03 Å². The van der Waals surface area contributed by atoms with E-state index in [4.69, 9.17) is 21.1 Å². The van der Waals surface area contributed by atoms with Gasteiger partial charge in [0.05, 0.1) is 23.9 Å². The fraction of sp³-hybridized carbons (Fsp3) is 0.407. The third-order valence-electron chi connectivity index (χ3n) is 6.21.